The minimum atomic E-state index is -0.114. The van der Waals surface area contributed by atoms with Crippen LogP contribution in [-0.2, 0) is 4.79 Å². The molecule has 1 unspecified atom stereocenters. The third-order valence-corrected chi connectivity index (χ3v) is 4.00. The van der Waals surface area contributed by atoms with Gasteiger partial charge in [-0.3, -0.25) is 9.79 Å². The Kier molecular flexibility index (Phi) is 8.75. The number of nitrogens with zero attached hydrogens (tertiary/aromatic N) is 2. The number of aliphatic imine (C=N–C) groups is 1. The van der Waals surface area contributed by atoms with Crippen LogP contribution in [0, 0.1) is 6.92 Å². The maximum absolute atomic E-state index is 12.0. The van der Waals surface area contributed by atoms with Gasteiger partial charge in [-0.2, -0.15) is 0 Å². The quantitative estimate of drug-likeness (QED) is 0.442. The largest absolute Gasteiger partial charge is 0.493 e. The predicted molar refractivity (Wildman–Crippen MR) is 115 cm³/mol. The van der Waals surface area contributed by atoms with Crippen LogP contribution in [0.5, 0.6) is 11.5 Å². The molecule has 0 fully saturated rings. The van der Waals surface area contributed by atoms with Gasteiger partial charge in [0, 0.05) is 26.2 Å². The molecule has 1 aromatic heterocycles. The Labute approximate surface area is 171 Å². The van der Waals surface area contributed by atoms with E-state index in [2.05, 4.69) is 25.9 Å². The smallest absolute Gasteiger partial charge is 0.227 e. The van der Waals surface area contributed by atoms with Crippen molar-refractivity contribution in [2.75, 3.05) is 32.6 Å². The van der Waals surface area contributed by atoms with Gasteiger partial charge < -0.3 is 25.4 Å². The van der Waals surface area contributed by atoms with Crippen molar-refractivity contribution in [3.05, 3.63) is 48.2 Å². The molecule has 0 saturated carbocycles. The Bertz CT molecular complexity index is 808. The fourth-order valence-electron chi connectivity index (χ4n) is 2.48. The molecule has 156 valence electrons. The summed E-state index contributed by atoms with van der Waals surface area (Å²) in [6, 6.07) is 11.2. The number of pyridine rings is 1. The molecule has 0 spiro atoms. The lowest BCUT2D eigenvalue weighted by atomic mass is 10.3. The number of methoxy groups -OCH3 is 1. The molecule has 0 aliphatic carbocycles. The van der Waals surface area contributed by atoms with E-state index >= 15 is 0 Å². The van der Waals surface area contributed by atoms with Gasteiger partial charge >= 0.3 is 0 Å². The number of aryl methyl sites for hydroxylation is 1. The van der Waals surface area contributed by atoms with E-state index in [1.807, 2.05) is 44.2 Å². The standard InChI is InChI=1S/C21H29N5O3/c1-15-9-10-19(24-13-15)26-20(27)11-12-23-21(22-3)25-14-16(2)29-18-8-6-5-7-17(18)28-4/h5-10,13,16H,11-12,14H2,1-4H3,(H2,22,23,25)(H,24,26,27). The number of guanidine groups is 1. The summed E-state index contributed by atoms with van der Waals surface area (Å²) < 4.78 is 11.2. The number of hydrogen-bond acceptors (Lipinski definition) is 5. The predicted octanol–water partition coefficient (Wildman–Crippen LogP) is 2.36. The number of anilines is 1. The summed E-state index contributed by atoms with van der Waals surface area (Å²) >= 11 is 0. The van der Waals surface area contributed by atoms with E-state index in [0.29, 0.717) is 42.8 Å². The highest BCUT2D eigenvalue weighted by Crippen LogP contribution is 2.26. The molecule has 3 N–H and O–H groups in total. The average Bonchev–Trinajstić information content (AvgIpc) is 2.72. The van der Waals surface area contributed by atoms with Gasteiger partial charge in [0.15, 0.2) is 17.5 Å². The van der Waals surface area contributed by atoms with Gasteiger partial charge in [0.25, 0.3) is 0 Å². The number of para-hydroxylation sites is 2. The zero-order valence-electron chi connectivity index (χ0n) is 17.4. The molecule has 0 saturated heterocycles. The Morgan fingerprint density at radius 2 is 1.93 bits per heavy atom. The van der Waals surface area contributed by atoms with Gasteiger partial charge in [0.2, 0.25) is 5.91 Å². The maximum atomic E-state index is 12.0. The van der Waals surface area contributed by atoms with E-state index in [4.69, 9.17) is 9.47 Å². The first-order valence-corrected chi connectivity index (χ1v) is 9.48. The van der Waals surface area contributed by atoms with Crippen LogP contribution in [0.1, 0.15) is 18.9 Å². The van der Waals surface area contributed by atoms with Gasteiger partial charge in [-0.05, 0) is 37.6 Å². The minimum Gasteiger partial charge on any atom is -0.493 e. The van der Waals surface area contributed by atoms with Crippen LogP contribution in [0.25, 0.3) is 0 Å². The number of amides is 1. The summed E-state index contributed by atoms with van der Waals surface area (Å²) in [6.07, 6.45) is 1.90. The van der Waals surface area contributed by atoms with Crippen molar-refractivity contribution in [2.45, 2.75) is 26.4 Å². The van der Waals surface area contributed by atoms with Crippen LogP contribution < -0.4 is 25.4 Å². The summed E-state index contributed by atoms with van der Waals surface area (Å²) in [6.45, 7) is 4.88. The number of benzene rings is 1. The lowest BCUT2D eigenvalue weighted by Gasteiger charge is -2.19. The highest BCUT2D eigenvalue weighted by Gasteiger charge is 2.10. The van der Waals surface area contributed by atoms with Crippen LogP contribution in [0.3, 0.4) is 0 Å². The first-order chi connectivity index (χ1) is 14.0. The minimum absolute atomic E-state index is 0.110. The van der Waals surface area contributed by atoms with Crippen molar-refractivity contribution in [1.82, 2.24) is 15.6 Å². The Morgan fingerprint density at radius 3 is 2.59 bits per heavy atom. The summed E-state index contributed by atoms with van der Waals surface area (Å²) in [7, 11) is 3.29. The van der Waals surface area contributed by atoms with Gasteiger partial charge in [-0.25, -0.2) is 4.98 Å². The van der Waals surface area contributed by atoms with Gasteiger partial charge in [-0.15, -0.1) is 0 Å². The highest BCUT2D eigenvalue weighted by molar-refractivity contribution is 5.90. The molecule has 1 heterocycles. The van der Waals surface area contributed by atoms with Crippen LogP contribution >= 0.6 is 0 Å². The zero-order valence-corrected chi connectivity index (χ0v) is 17.4. The van der Waals surface area contributed by atoms with E-state index in [-0.39, 0.29) is 12.0 Å². The Morgan fingerprint density at radius 1 is 1.17 bits per heavy atom. The molecule has 1 amide bonds. The molecule has 1 atom stereocenters. The molecule has 0 aliphatic heterocycles. The first-order valence-electron chi connectivity index (χ1n) is 9.48. The third kappa shape index (κ3) is 7.69. The topological polar surface area (TPSA) is 96.9 Å². The Balaban J connectivity index is 1.70. The van der Waals surface area contributed by atoms with Gasteiger partial charge in [0.1, 0.15) is 11.9 Å². The van der Waals surface area contributed by atoms with Crippen molar-refractivity contribution in [2.24, 2.45) is 4.99 Å². The maximum Gasteiger partial charge on any atom is 0.227 e. The molecule has 8 heteroatoms. The van der Waals surface area contributed by atoms with Gasteiger partial charge in [0.05, 0.1) is 13.7 Å². The number of carbonyl (C=O) groups excluding carboxylic acids is 1. The van der Waals surface area contributed by atoms with E-state index in [9.17, 15) is 4.79 Å². The summed E-state index contributed by atoms with van der Waals surface area (Å²) in [5.41, 5.74) is 1.04. The lowest BCUT2D eigenvalue weighted by molar-refractivity contribution is -0.116. The molecule has 8 nitrogen and oxygen atoms in total. The van der Waals surface area contributed by atoms with Crippen LogP contribution in [0.15, 0.2) is 47.6 Å². The molecule has 1 aromatic carbocycles. The second kappa shape index (κ2) is 11.5. The molecular formula is C21H29N5O3. The first kappa shape index (κ1) is 22.0. The van der Waals surface area contributed by atoms with E-state index in [1.165, 1.54) is 0 Å². The zero-order chi connectivity index (χ0) is 21.1. The van der Waals surface area contributed by atoms with E-state index in [1.54, 1.807) is 26.4 Å². The van der Waals surface area contributed by atoms with Crippen LogP contribution in [0.2, 0.25) is 0 Å². The number of aromatic nitrogens is 1. The molecule has 0 aliphatic rings. The second-order valence-corrected chi connectivity index (χ2v) is 6.48. The van der Waals surface area contributed by atoms with Crippen molar-refractivity contribution in [3.8, 4) is 11.5 Å². The molecule has 2 aromatic rings. The normalized spacial score (nSPS) is 12.1. The summed E-state index contributed by atoms with van der Waals surface area (Å²) in [4.78, 5) is 20.3. The molecular weight excluding hydrogens is 370 g/mol. The number of ether oxygens (including phenoxy) is 2. The molecule has 2 rings (SSSR count). The number of nitrogens with one attached hydrogen (secondary N) is 3. The average molecular weight is 399 g/mol. The third-order valence-electron chi connectivity index (χ3n) is 4.00. The second-order valence-electron chi connectivity index (χ2n) is 6.48. The van der Waals surface area contributed by atoms with Crippen molar-refractivity contribution in [1.29, 1.82) is 0 Å². The van der Waals surface area contributed by atoms with Crippen LogP contribution in [0.4, 0.5) is 5.82 Å². The van der Waals surface area contributed by atoms with Gasteiger partial charge in [-0.1, -0.05) is 18.2 Å². The molecule has 0 bridgehead atoms. The Hall–Kier alpha value is -3.29. The summed E-state index contributed by atoms with van der Waals surface area (Å²) in [5.74, 6) is 2.41. The van der Waals surface area contributed by atoms with Crippen molar-refractivity contribution >= 4 is 17.7 Å². The summed E-state index contributed by atoms with van der Waals surface area (Å²) in [5, 5.41) is 9.07. The highest BCUT2D eigenvalue weighted by atomic mass is 16.5. The fraction of sp³-hybridized carbons (Fsp3) is 0.381. The monoisotopic (exact) mass is 399 g/mol. The van der Waals surface area contributed by atoms with Crippen molar-refractivity contribution in [3.63, 3.8) is 0 Å². The number of rotatable bonds is 9. The van der Waals surface area contributed by atoms with E-state index in [0.717, 1.165) is 5.56 Å². The molecule has 29 heavy (non-hydrogen) atoms. The van der Waals surface area contributed by atoms with E-state index < -0.39 is 0 Å². The lowest BCUT2D eigenvalue weighted by Crippen LogP contribution is -2.42. The molecule has 0 radical (unpaired) electrons. The van der Waals surface area contributed by atoms with Crippen LogP contribution in [-0.4, -0.2) is 50.2 Å². The number of hydrogen-bond donors (Lipinski definition) is 3. The van der Waals surface area contributed by atoms with Crippen molar-refractivity contribution < 1.29 is 14.3 Å². The SMILES string of the molecule is CN=C(NCCC(=O)Nc1ccc(C)cn1)NCC(C)Oc1ccccc1OC. The number of carbonyl (C=O) groups is 1. The fourth-order valence-corrected chi connectivity index (χ4v) is 2.48.